The van der Waals surface area contributed by atoms with E-state index in [1.165, 1.54) is 5.56 Å². The molecule has 0 radical (unpaired) electrons. The van der Waals surface area contributed by atoms with Crippen molar-refractivity contribution >= 4 is 11.8 Å². The molecule has 0 bridgehead atoms. The molecule has 7 rings (SSSR count). The number of carbonyl (C=O) groups is 2. The molecule has 0 unspecified atom stereocenters. The molecule has 3 aliphatic rings. The van der Waals surface area contributed by atoms with Crippen molar-refractivity contribution in [3.8, 4) is 22.5 Å². The van der Waals surface area contributed by atoms with Crippen molar-refractivity contribution in [2.45, 2.75) is 50.6 Å². The van der Waals surface area contributed by atoms with Crippen LogP contribution in [0.5, 0.6) is 0 Å². The van der Waals surface area contributed by atoms with Gasteiger partial charge in [-0.2, -0.15) is 0 Å². The van der Waals surface area contributed by atoms with Crippen molar-refractivity contribution in [3.05, 3.63) is 100 Å². The molecule has 2 aromatic carbocycles. The Morgan fingerprint density at radius 3 is 2.70 bits per heavy atom. The van der Waals surface area contributed by atoms with E-state index >= 15 is 0 Å². The molecule has 1 fully saturated rings. The molecule has 2 amide bonds. The van der Waals surface area contributed by atoms with Gasteiger partial charge in [-0.25, -0.2) is 0 Å². The van der Waals surface area contributed by atoms with Gasteiger partial charge in [0.05, 0.1) is 23.0 Å². The molecular weight excluding hydrogens is 460 g/mol. The van der Waals surface area contributed by atoms with Crippen LogP contribution >= 0.6 is 0 Å². The predicted octanol–water partition coefficient (Wildman–Crippen LogP) is 5.15. The van der Waals surface area contributed by atoms with Crippen molar-refractivity contribution in [1.29, 1.82) is 0 Å². The van der Waals surface area contributed by atoms with Gasteiger partial charge in [-0.15, -0.1) is 0 Å². The first kappa shape index (κ1) is 22.0. The highest BCUT2D eigenvalue weighted by atomic mass is 16.2. The number of aromatic amines is 1. The van der Waals surface area contributed by atoms with Crippen LogP contribution in [0.4, 0.5) is 0 Å². The topological polar surface area (TPSA) is 86.9 Å². The highest BCUT2D eigenvalue weighted by Gasteiger charge is 2.49. The molecule has 184 valence electrons. The van der Waals surface area contributed by atoms with Crippen LogP contribution in [-0.2, 0) is 19.3 Å². The number of benzene rings is 2. The molecule has 2 aromatic heterocycles. The molecule has 1 aliphatic heterocycles. The van der Waals surface area contributed by atoms with Gasteiger partial charge in [0.2, 0.25) is 0 Å². The number of aromatic nitrogens is 2. The molecule has 2 aliphatic carbocycles. The fourth-order valence-corrected chi connectivity index (χ4v) is 5.88. The maximum absolute atomic E-state index is 13.0. The fraction of sp³-hybridized carbons (Fsp3) is 0.258. The van der Waals surface area contributed by atoms with Crippen molar-refractivity contribution < 1.29 is 9.59 Å². The Bertz CT molecular complexity index is 1570. The number of rotatable bonds is 4. The van der Waals surface area contributed by atoms with E-state index < -0.39 is 0 Å². The van der Waals surface area contributed by atoms with Gasteiger partial charge in [-0.3, -0.25) is 14.6 Å². The molecule has 6 heteroatoms. The second-order valence-electron chi connectivity index (χ2n) is 10.7. The molecular formula is C31H28N4O2. The maximum atomic E-state index is 13.0. The van der Waals surface area contributed by atoms with Gasteiger partial charge in [0.25, 0.3) is 11.8 Å². The highest BCUT2D eigenvalue weighted by molar-refractivity contribution is 6.01. The number of H-pyrrole nitrogens is 1. The third kappa shape index (κ3) is 3.75. The molecule has 37 heavy (non-hydrogen) atoms. The number of fused-ring (bicyclic) bond motifs is 5. The summed E-state index contributed by atoms with van der Waals surface area (Å²) in [6.45, 7) is 1.99. The Labute approximate surface area is 215 Å². The van der Waals surface area contributed by atoms with E-state index in [2.05, 4.69) is 21.7 Å². The Morgan fingerprint density at radius 2 is 1.89 bits per heavy atom. The first-order valence-electron chi connectivity index (χ1n) is 13.0. The summed E-state index contributed by atoms with van der Waals surface area (Å²) in [6.07, 6.45) is 6.64. The second kappa shape index (κ2) is 8.17. The summed E-state index contributed by atoms with van der Waals surface area (Å²) in [5.74, 6) is -0.0482. The summed E-state index contributed by atoms with van der Waals surface area (Å²) >= 11 is 0. The molecule has 1 saturated carbocycles. The third-order valence-electron chi connectivity index (χ3n) is 8.12. The Morgan fingerprint density at radius 1 is 1.05 bits per heavy atom. The standard InChI is InChI=1S/C31H28N4O2/c1-18(19-6-3-2-4-7-19)33-29(36)21-9-5-8-20(14-21)25-15-24-22(17-32-25)10-11-23-27-26(34-28(23)24)16-31(12-13-31)35-30(27)37/h2-9,14-15,17-18,34H,10-13,16H2,1H3,(H,33,36)(H,35,37)/t18-/m0/s1. The minimum Gasteiger partial charge on any atom is -0.357 e. The maximum Gasteiger partial charge on any atom is 0.253 e. The largest absolute Gasteiger partial charge is 0.357 e. The highest BCUT2D eigenvalue weighted by Crippen LogP contribution is 2.45. The molecule has 6 nitrogen and oxygen atoms in total. The molecule has 3 N–H and O–H groups in total. The lowest BCUT2D eigenvalue weighted by atomic mass is 9.87. The molecule has 4 aromatic rings. The van der Waals surface area contributed by atoms with Gasteiger partial charge in [0.1, 0.15) is 0 Å². The minimum absolute atomic E-state index is 0.0250. The summed E-state index contributed by atoms with van der Waals surface area (Å²) in [7, 11) is 0. The average molecular weight is 489 g/mol. The number of hydrogen-bond acceptors (Lipinski definition) is 3. The van der Waals surface area contributed by atoms with Crippen LogP contribution in [0.25, 0.3) is 22.5 Å². The molecule has 0 saturated heterocycles. The summed E-state index contributed by atoms with van der Waals surface area (Å²) < 4.78 is 0. The zero-order valence-electron chi connectivity index (χ0n) is 20.7. The van der Waals surface area contributed by atoms with E-state index in [0.29, 0.717) is 5.56 Å². The van der Waals surface area contributed by atoms with Crippen LogP contribution < -0.4 is 10.6 Å². The van der Waals surface area contributed by atoms with E-state index in [0.717, 1.165) is 77.0 Å². The van der Waals surface area contributed by atoms with Crippen LogP contribution in [0.15, 0.2) is 66.9 Å². The van der Waals surface area contributed by atoms with Crippen LogP contribution in [0.3, 0.4) is 0 Å². The quantitative estimate of drug-likeness (QED) is 0.371. The van der Waals surface area contributed by atoms with E-state index in [4.69, 9.17) is 4.98 Å². The van der Waals surface area contributed by atoms with Gasteiger partial charge in [0.15, 0.2) is 0 Å². The summed E-state index contributed by atoms with van der Waals surface area (Å²) in [5, 5.41) is 6.35. The van der Waals surface area contributed by atoms with Crippen molar-refractivity contribution in [3.63, 3.8) is 0 Å². The van der Waals surface area contributed by atoms with Crippen LogP contribution in [0.2, 0.25) is 0 Å². The van der Waals surface area contributed by atoms with Gasteiger partial charge < -0.3 is 15.6 Å². The number of pyridine rings is 1. The number of nitrogens with zero attached hydrogens (tertiary/aromatic N) is 1. The minimum atomic E-state index is -0.115. The lowest BCUT2D eigenvalue weighted by molar-refractivity contribution is 0.0914. The second-order valence-corrected chi connectivity index (χ2v) is 10.7. The molecule has 1 spiro atoms. The Kier molecular flexibility index (Phi) is 4.86. The van der Waals surface area contributed by atoms with Crippen LogP contribution in [-0.4, -0.2) is 27.3 Å². The van der Waals surface area contributed by atoms with Gasteiger partial charge in [0, 0.05) is 40.5 Å². The number of hydrogen-bond donors (Lipinski definition) is 3. The predicted molar refractivity (Wildman–Crippen MR) is 142 cm³/mol. The summed E-state index contributed by atoms with van der Waals surface area (Å²) in [6, 6.07) is 19.6. The van der Waals surface area contributed by atoms with Crippen molar-refractivity contribution in [1.82, 2.24) is 20.6 Å². The smallest absolute Gasteiger partial charge is 0.253 e. The van der Waals surface area contributed by atoms with E-state index in [1.54, 1.807) is 0 Å². The number of carbonyl (C=O) groups excluding carboxylic acids is 2. The molecule has 3 heterocycles. The van der Waals surface area contributed by atoms with E-state index in [9.17, 15) is 9.59 Å². The summed E-state index contributed by atoms with van der Waals surface area (Å²) in [5.41, 5.74) is 9.72. The van der Waals surface area contributed by atoms with E-state index in [-0.39, 0.29) is 23.4 Å². The lowest BCUT2D eigenvalue weighted by Crippen LogP contribution is -2.43. The van der Waals surface area contributed by atoms with Crippen LogP contribution in [0, 0.1) is 0 Å². The number of nitrogens with one attached hydrogen (secondary N) is 3. The van der Waals surface area contributed by atoms with Crippen molar-refractivity contribution in [2.24, 2.45) is 0 Å². The van der Waals surface area contributed by atoms with Crippen LogP contribution in [0.1, 0.15) is 68.9 Å². The molecule has 1 atom stereocenters. The average Bonchev–Trinajstić information content (AvgIpc) is 3.54. The number of aryl methyl sites for hydroxylation is 1. The van der Waals surface area contributed by atoms with Gasteiger partial charge in [-0.05, 0) is 67.5 Å². The fourth-order valence-electron chi connectivity index (χ4n) is 5.88. The first-order valence-corrected chi connectivity index (χ1v) is 13.0. The SMILES string of the molecule is C[C@H](NC(=O)c1cccc(-c2cc3c(cn2)CCc2c-3[nH]c3c2C(=O)NC2(CC2)C3)c1)c1ccccc1. The monoisotopic (exact) mass is 488 g/mol. The summed E-state index contributed by atoms with van der Waals surface area (Å²) in [4.78, 5) is 34.4. The van der Waals surface area contributed by atoms with Gasteiger partial charge >= 0.3 is 0 Å². The number of amides is 2. The van der Waals surface area contributed by atoms with Gasteiger partial charge in [-0.1, -0.05) is 42.5 Å². The van der Waals surface area contributed by atoms with Crippen molar-refractivity contribution in [2.75, 3.05) is 0 Å². The zero-order valence-corrected chi connectivity index (χ0v) is 20.7. The third-order valence-corrected chi connectivity index (χ3v) is 8.12. The Balaban J connectivity index is 1.20. The lowest BCUT2D eigenvalue weighted by Gasteiger charge is -2.24. The first-order chi connectivity index (χ1) is 18.0. The normalized spacial score (nSPS) is 17.3. The Hall–Kier alpha value is -4.19. The van der Waals surface area contributed by atoms with E-state index in [1.807, 2.05) is 67.7 Å². The zero-order chi connectivity index (χ0) is 25.1.